The van der Waals surface area contributed by atoms with Crippen molar-refractivity contribution in [1.82, 2.24) is 0 Å². The molecule has 0 bridgehead atoms. The first kappa shape index (κ1) is 23.4. The lowest BCUT2D eigenvalue weighted by atomic mass is 10.1. The molecule has 0 aliphatic rings. The molecule has 0 atom stereocenters. The summed E-state index contributed by atoms with van der Waals surface area (Å²) in [7, 11) is -3.17. The van der Waals surface area contributed by atoms with Gasteiger partial charge in [0.05, 0.1) is 18.1 Å². The maximum absolute atomic E-state index is 11.5. The fourth-order valence-electron chi connectivity index (χ4n) is 2.67. The molecule has 0 saturated carbocycles. The van der Waals surface area contributed by atoms with Crippen molar-refractivity contribution in [3.63, 3.8) is 0 Å². The third-order valence-corrected chi connectivity index (χ3v) is 5.50. The van der Waals surface area contributed by atoms with Crippen LogP contribution in [-0.4, -0.2) is 33.9 Å². The Kier molecular flexibility index (Phi) is 9.35. The number of hydrogen-bond donors (Lipinski definition) is 0. The van der Waals surface area contributed by atoms with Gasteiger partial charge in [-0.05, 0) is 61.1 Å². The third-order valence-electron chi connectivity index (χ3n) is 4.37. The first-order valence-corrected chi connectivity index (χ1v) is 11.8. The van der Waals surface area contributed by atoms with E-state index in [4.69, 9.17) is 9.47 Å². The molecule has 0 radical (unpaired) electrons. The van der Waals surface area contributed by atoms with Crippen molar-refractivity contribution in [1.29, 1.82) is 0 Å². The molecular weight excluding hydrogens is 400 g/mol. The normalized spacial score (nSPS) is 11.4. The van der Waals surface area contributed by atoms with Gasteiger partial charge in [0.15, 0.2) is 9.84 Å². The van der Waals surface area contributed by atoms with Crippen LogP contribution in [0.25, 0.3) is 12.2 Å². The number of carbonyl (C=O) groups excluding carboxylic acids is 1. The van der Waals surface area contributed by atoms with Gasteiger partial charge < -0.3 is 9.47 Å². The van der Waals surface area contributed by atoms with Gasteiger partial charge in [-0.2, -0.15) is 0 Å². The van der Waals surface area contributed by atoms with Crippen LogP contribution in [0.15, 0.2) is 66.1 Å². The maximum atomic E-state index is 11.5. The molecule has 5 nitrogen and oxygen atoms in total. The predicted molar refractivity (Wildman–Crippen MR) is 120 cm³/mol. The van der Waals surface area contributed by atoms with E-state index in [0.29, 0.717) is 18.1 Å². The molecule has 0 heterocycles. The zero-order chi connectivity index (χ0) is 21.8. The van der Waals surface area contributed by atoms with Crippen molar-refractivity contribution in [3.05, 3.63) is 72.3 Å². The molecule has 6 heteroatoms. The summed E-state index contributed by atoms with van der Waals surface area (Å²) in [5.41, 5.74) is 1.96. The lowest BCUT2D eigenvalue weighted by Crippen LogP contribution is -2.02. The fraction of sp³-hybridized carbons (Fsp3) is 0.292. The number of esters is 1. The molecule has 0 amide bonds. The average Bonchev–Trinajstić information content (AvgIpc) is 2.74. The minimum Gasteiger partial charge on any atom is -0.494 e. The lowest BCUT2D eigenvalue weighted by molar-refractivity contribution is -0.137. The van der Waals surface area contributed by atoms with Gasteiger partial charge >= 0.3 is 5.97 Å². The Morgan fingerprint density at radius 3 is 1.93 bits per heavy atom. The molecule has 2 rings (SSSR count). The minimum absolute atomic E-state index is 0.317. The second-order valence-electron chi connectivity index (χ2n) is 6.88. The van der Waals surface area contributed by atoms with E-state index in [1.165, 1.54) is 12.3 Å². The van der Waals surface area contributed by atoms with Gasteiger partial charge in [-0.25, -0.2) is 13.2 Å². The summed E-state index contributed by atoms with van der Waals surface area (Å²) in [6.45, 7) is 4.44. The maximum Gasteiger partial charge on any atom is 0.330 e. The molecule has 0 saturated heterocycles. The SMILES string of the molecule is C=CC(=O)OCCCCCCOc1ccc(C=Cc2ccc(S(C)(=O)=O)cc2)cc1. The molecule has 30 heavy (non-hydrogen) atoms. The molecule has 0 spiro atoms. The van der Waals surface area contributed by atoms with Gasteiger partial charge in [-0.3, -0.25) is 0 Å². The molecule has 2 aromatic rings. The van der Waals surface area contributed by atoms with Crippen LogP contribution >= 0.6 is 0 Å². The topological polar surface area (TPSA) is 69.7 Å². The van der Waals surface area contributed by atoms with E-state index in [1.54, 1.807) is 24.3 Å². The van der Waals surface area contributed by atoms with E-state index >= 15 is 0 Å². The van der Waals surface area contributed by atoms with Crippen LogP contribution in [0.4, 0.5) is 0 Å². The minimum atomic E-state index is -3.17. The first-order chi connectivity index (χ1) is 14.4. The van der Waals surface area contributed by atoms with E-state index in [9.17, 15) is 13.2 Å². The summed E-state index contributed by atoms with van der Waals surface area (Å²) in [6, 6.07) is 14.6. The Morgan fingerprint density at radius 2 is 1.40 bits per heavy atom. The summed E-state index contributed by atoms with van der Waals surface area (Å²) in [5, 5.41) is 0. The molecule has 160 valence electrons. The van der Waals surface area contributed by atoms with E-state index < -0.39 is 9.84 Å². The number of hydrogen-bond acceptors (Lipinski definition) is 5. The van der Waals surface area contributed by atoms with Crippen LogP contribution in [0.1, 0.15) is 36.8 Å². The number of unbranched alkanes of at least 4 members (excludes halogenated alkanes) is 3. The highest BCUT2D eigenvalue weighted by Crippen LogP contribution is 2.16. The van der Waals surface area contributed by atoms with Crippen LogP contribution in [0, 0.1) is 0 Å². The summed E-state index contributed by atoms with van der Waals surface area (Å²) in [6.07, 6.45) is 10.1. The van der Waals surface area contributed by atoms with Crippen LogP contribution < -0.4 is 4.74 Å². The van der Waals surface area contributed by atoms with Gasteiger partial charge in [0.2, 0.25) is 0 Å². The molecule has 0 N–H and O–H groups in total. The van der Waals surface area contributed by atoms with Crippen molar-refractivity contribution in [3.8, 4) is 5.75 Å². The summed E-state index contributed by atoms with van der Waals surface area (Å²) >= 11 is 0. The number of rotatable bonds is 12. The number of sulfone groups is 1. The Balaban J connectivity index is 1.69. The van der Waals surface area contributed by atoms with E-state index in [0.717, 1.165) is 42.6 Å². The summed E-state index contributed by atoms with van der Waals surface area (Å²) in [5.74, 6) is 0.450. The molecule has 0 aliphatic heterocycles. The Bertz CT molecular complexity index is 942. The monoisotopic (exact) mass is 428 g/mol. The molecular formula is C24H28O5S. The molecule has 2 aromatic carbocycles. The third kappa shape index (κ3) is 8.66. The van der Waals surface area contributed by atoms with Crippen molar-refractivity contribution < 1.29 is 22.7 Å². The van der Waals surface area contributed by atoms with E-state index in [1.807, 2.05) is 36.4 Å². The highest BCUT2D eigenvalue weighted by Gasteiger charge is 2.05. The number of ether oxygens (including phenoxy) is 2. The highest BCUT2D eigenvalue weighted by molar-refractivity contribution is 7.90. The summed E-state index contributed by atoms with van der Waals surface area (Å²) < 4.78 is 33.7. The van der Waals surface area contributed by atoms with Crippen LogP contribution in [0.3, 0.4) is 0 Å². The number of carbonyl (C=O) groups is 1. The summed E-state index contributed by atoms with van der Waals surface area (Å²) in [4.78, 5) is 11.2. The second kappa shape index (κ2) is 12.0. The van der Waals surface area contributed by atoms with Crippen molar-refractivity contribution in [2.24, 2.45) is 0 Å². The molecule has 0 unspecified atom stereocenters. The quantitative estimate of drug-likeness (QED) is 0.207. The number of benzene rings is 2. The van der Waals surface area contributed by atoms with E-state index in [2.05, 4.69) is 6.58 Å². The first-order valence-electron chi connectivity index (χ1n) is 9.89. The Morgan fingerprint density at radius 1 is 0.867 bits per heavy atom. The predicted octanol–water partition coefficient (Wildman–Crippen LogP) is 4.93. The lowest BCUT2D eigenvalue weighted by Gasteiger charge is -2.06. The van der Waals surface area contributed by atoms with Gasteiger partial charge in [0.1, 0.15) is 5.75 Å². The smallest absolute Gasteiger partial charge is 0.330 e. The van der Waals surface area contributed by atoms with Gasteiger partial charge in [-0.1, -0.05) is 43.0 Å². The second-order valence-corrected chi connectivity index (χ2v) is 8.89. The highest BCUT2D eigenvalue weighted by atomic mass is 32.2. The molecule has 0 aliphatic carbocycles. The Hall–Kier alpha value is -2.86. The van der Waals surface area contributed by atoms with Crippen LogP contribution in [-0.2, 0) is 19.4 Å². The van der Waals surface area contributed by atoms with Gasteiger partial charge in [0, 0.05) is 12.3 Å². The average molecular weight is 429 g/mol. The zero-order valence-electron chi connectivity index (χ0n) is 17.3. The van der Waals surface area contributed by atoms with Crippen molar-refractivity contribution in [2.45, 2.75) is 30.6 Å². The van der Waals surface area contributed by atoms with E-state index in [-0.39, 0.29) is 5.97 Å². The molecule has 0 aromatic heterocycles. The van der Waals surface area contributed by atoms with Crippen molar-refractivity contribution in [2.75, 3.05) is 19.5 Å². The zero-order valence-corrected chi connectivity index (χ0v) is 18.1. The standard InChI is InChI=1S/C24H28O5S/c1-3-24(25)29-19-7-5-4-6-18-28-22-14-10-20(11-15-22)8-9-21-12-16-23(17-13-21)30(2,26)27/h3,8-17H,1,4-7,18-19H2,2H3. The van der Waals surface area contributed by atoms with Crippen molar-refractivity contribution >= 4 is 28.0 Å². The largest absolute Gasteiger partial charge is 0.494 e. The Labute approximate surface area is 179 Å². The van der Waals surface area contributed by atoms with Gasteiger partial charge in [0.25, 0.3) is 0 Å². The van der Waals surface area contributed by atoms with Crippen LogP contribution in [0.5, 0.6) is 5.75 Å². The van der Waals surface area contributed by atoms with Gasteiger partial charge in [-0.15, -0.1) is 0 Å². The fourth-order valence-corrected chi connectivity index (χ4v) is 3.30. The van der Waals surface area contributed by atoms with Crippen LogP contribution in [0.2, 0.25) is 0 Å². The molecule has 0 fully saturated rings.